The molecule has 0 unspecified atom stereocenters. The van der Waals surface area contributed by atoms with Crippen molar-refractivity contribution in [3.8, 4) is 0 Å². The van der Waals surface area contributed by atoms with Gasteiger partial charge in [-0.3, -0.25) is 9.88 Å². The normalized spacial score (nSPS) is 11.2. The van der Waals surface area contributed by atoms with Gasteiger partial charge in [0.2, 0.25) is 0 Å². The third-order valence-corrected chi connectivity index (χ3v) is 3.51. The van der Waals surface area contributed by atoms with E-state index in [0.29, 0.717) is 0 Å². The Bertz CT molecular complexity index is 536. The lowest BCUT2D eigenvalue weighted by Crippen LogP contribution is -2.20. The smallest absolute Gasteiger partial charge is 0.120 e. The first-order valence-electron chi connectivity index (χ1n) is 7.56. The Balaban J connectivity index is 1.83. The zero-order valence-corrected chi connectivity index (χ0v) is 13.2. The van der Waals surface area contributed by atoms with Crippen LogP contribution in [0.3, 0.4) is 0 Å². The summed E-state index contributed by atoms with van der Waals surface area (Å²) in [6.45, 7) is 7.77. The number of hydrogen-bond donors (Lipinski definition) is 1. The fraction of sp³-hybridized carbons (Fsp3) is 0.471. The average molecular weight is 287 g/mol. The van der Waals surface area contributed by atoms with Crippen LogP contribution >= 0.6 is 0 Å². The van der Waals surface area contributed by atoms with Gasteiger partial charge in [0.15, 0.2) is 0 Å². The summed E-state index contributed by atoms with van der Waals surface area (Å²) in [7, 11) is 2.12. The fourth-order valence-corrected chi connectivity index (χ4v) is 2.28. The number of nitrogens with zero attached hydrogens (tertiary/aromatic N) is 2. The molecule has 4 heteroatoms. The zero-order chi connectivity index (χ0) is 15.1. The first-order chi connectivity index (χ1) is 10.2. The summed E-state index contributed by atoms with van der Waals surface area (Å²) < 4.78 is 5.92. The van der Waals surface area contributed by atoms with E-state index < -0.39 is 0 Å². The minimum absolute atomic E-state index is 0.806. The van der Waals surface area contributed by atoms with Gasteiger partial charge in [0, 0.05) is 24.9 Å². The molecule has 2 rings (SSSR count). The Kier molecular flexibility index (Phi) is 5.96. The van der Waals surface area contributed by atoms with Gasteiger partial charge in [-0.1, -0.05) is 13.0 Å². The Hall–Kier alpha value is -1.65. The van der Waals surface area contributed by atoms with Crippen LogP contribution in [0.2, 0.25) is 0 Å². The van der Waals surface area contributed by atoms with Crippen molar-refractivity contribution in [1.82, 2.24) is 15.2 Å². The number of nitrogens with one attached hydrogen (secondary N) is 1. The van der Waals surface area contributed by atoms with Crippen molar-refractivity contribution in [2.75, 3.05) is 20.1 Å². The first kappa shape index (κ1) is 15.7. The molecule has 4 nitrogen and oxygen atoms in total. The van der Waals surface area contributed by atoms with Crippen LogP contribution in [0.15, 0.2) is 34.9 Å². The molecule has 0 saturated carbocycles. The minimum atomic E-state index is 0.806. The summed E-state index contributed by atoms with van der Waals surface area (Å²) in [5.74, 6) is 2.08. The molecule has 0 fully saturated rings. The summed E-state index contributed by atoms with van der Waals surface area (Å²) in [6.07, 6.45) is 2.81. The Morgan fingerprint density at radius 1 is 1.33 bits per heavy atom. The average Bonchev–Trinajstić information content (AvgIpc) is 2.84. The fourth-order valence-electron chi connectivity index (χ4n) is 2.28. The van der Waals surface area contributed by atoms with Crippen LogP contribution in [0, 0.1) is 6.92 Å². The second-order valence-corrected chi connectivity index (χ2v) is 5.41. The number of pyridine rings is 1. The lowest BCUT2D eigenvalue weighted by atomic mass is 10.2. The molecule has 114 valence electrons. The predicted octanol–water partition coefficient (Wildman–Crippen LogP) is 2.77. The minimum Gasteiger partial charge on any atom is -0.463 e. The third-order valence-electron chi connectivity index (χ3n) is 3.51. The van der Waals surface area contributed by atoms with Gasteiger partial charge in [-0.05, 0) is 44.3 Å². The molecule has 0 radical (unpaired) electrons. The van der Waals surface area contributed by atoms with E-state index in [9.17, 15) is 0 Å². The maximum atomic E-state index is 5.92. The molecule has 2 aromatic heterocycles. The maximum Gasteiger partial charge on any atom is 0.120 e. The van der Waals surface area contributed by atoms with Crippen LogP contribution in [0.4, 0.5) is 0 Å². The maximum absolute atomic E-state index is 5.92. The van der Waals surface area contributed by atoms with Gasteiger partial charge in [-0.15, -0.1) is 0 Å². The van der Waals surface area contributed by atoms with Gasteiger partial charge in [0.1, 0.15) is 11.5 Å². The molecule has 0 spiro atoms. The van der Waals surface area contributed by atoms with Gasteiger partial charge in [0.25, 0.3) is 0 Å². The SMILES string of the molecule is CCNCc1oc(CN(C)CCc2ccccn2)cc1C. The number of furan rings is 1. The van der Waals surface area contributed by atoms with Crippen LogP contribution < -0.4 is 5.32 Å². The third kappa shape index (κ3) is 4.99. The van der Waals surface area contributed by atoms with Crippen molar-refractivity contribution >= 4 is 0 Å². The van der Waals surface area contributed by atoms with E-state index in [2.05, 4.69) is 48.2 Å². The predicted molar refractivity (Wildman–Crippen MR) is 85.1 cm³/mol. The van der Waals surface area contributed by atoms with E-state index in [1.165, 1.54) is 5.56 Å². The second-order valence-electron chi connectivity index (χ2n) is 5.41. The molecular weight excluding hydrogens is 262 g/mol. The quantitative estimate of drug-likeness (QED) is 0.810. The largest absolute Gasteiger partial charge is 0.463 e. The van der Waals surface area contributed by atoms with Crippen LogP contribution in [-0.2, 0) is 19.5 Å². The van der Waals surface area contributed by atoms with E-state index in [1.807, 2.05) is 18.3 Å². The van der Waals surface area contributed by atoms with Gasteiger partial charge < -0.3 is 9.73 Å². The summed E-state index contributed by atoms with van der Waals surface area (Å²) in [5.41, 5.74) is 2.36. The van der Waals surface area contributed by atoms with Crippen molar-refractivity contribution in [3.63, 3.8) is 0 Å². The standard InChI is InChI=1S/C17H25N3O/c1-4-18-12-17-14(2)11-16(21-17)13-20(3)10-8-15-7-5-6-9-19-15/h5-7,9,11,18H,4,8,10,12-13H2,1-3H3. The number of likely N-dealkylation sites (N-methyl/N-ethyl adjacent to an activating group) is 1. The molecule has 0 aromatic carbocycles. The topological polar surface area (TPSA) is 41.3 Å². The van der Waals surface area contributed by atoms with Crippen molar-refractivity contribution in [1.29, 1.82) is 0 Å². The van der Waals surface area contributed by atoms with Gasteiger partial charge >= 0.3 is 0 Å². The summed E-state index contributed by atoms with van der Waals surface area (Å²) in [4.78, 5) is 6.62. The highest BCUT2D eigenvalue weighted by Gasteiger charge is 2.09. The number of aryl methyl sites for hydroxylation is 1. The number of hydrogen-bond acceptors (Lipinski definition) is 4. The van der Waals surface area contributed by atoms with E-state index in [0.717, 1.165) is 49.8 Å². The van der Waals surface area contributed by atoms with Crippen molar-refractivity contribution in [3.05, 3.63) is 53.2 Å². The van der Waals surface area contributed by atoms with E-state index in [-0.39, 0.29) is 0 Å². The Morgan fingerprint density at radius 2 is 2.19 bits per heavy atom. The molecule has 0 amide bonds. The molecule has 0 aliphatic carbocycles. The Morgan fingerprint density at radius 3 is 2.90 bits per heavy atom. The zero-order valence-electron chi connectivity index (χ0n) is 13.2. The molecule has 21 heavy (non-hydrogen) atoms. The molecule has 0 bridgehead atoms. The van der Waals surface area contributed by atoms with Crippen molar-refractivity contribution in [2.45, 2.75) is 33.4 Å². The van der Waals surface area contributed by atoms with E-state index >= 15 is 0 Å². The van der Waals surface area contributed by atoms with Crippen LogP contribution in [0.1, 0.15) is 29.7 Å². The number of aromatic nitrogens is 1. The molecule has 0 saturated heterocycles. The lowest BCUT2D eigenvalue weighted by Gasteiger charge is -2.14. The van der Waals surface area contributed by atoms with Crippen LogP contribution in [0.25, 0.3) is 0 Å². The summed E-state index contributed by atoms with van der Waals surface area (Å²) >= 11 is 0. The monoisotopic (exact) mass is 287 g/mol. The Labute approximate surface area is 127 Å². The van der Waals surface area contributed by atoms with Crippen LogP contribution in [0.5, 0.6) is 0 Å². The molecule has 0 aliphatic heterocycles. The van der Waals surface area contributed by atoms with E-state index in [4.69, 9.17) is 4.42 Å². The highest BCUT2D eigenvalue weighted by atomic mass is 16.3. The molecule has 2 aromatic rings. The highest BCUT2D eigenvalue weighted by Crippen LogP contribution is 2.16. The molecule has 0 aliphatic rings. The first-order valence-corrected chi connectivity index (χ1v) is 7.56. The summed E-state index contributed by atoms with van der Waals surface area (Å²) in [5, 5.41) is 3.30. The van der Waals surface area contributed by atoms with Crippen molar-refractivity contribution < 1.29 is 4.42 Å². The molecule has 0 atom stereocenters. The van der Waals surface area contributed by atoms with E-state index in [1.54, 1.807) is 0 Å². The van der Waals surface area contributed by atoms with Crippen molar-refractivity contribution in [2.24, 2.45) is 0 Å². The number of rotatable bonds is 8. The van der Waals surface area contributed by atoms with Gasteiger partial charge in [-0.25, -0.2) is 0 Å². The van der Waals surface area contributed by atoms with Crippen LogP contribution in [-0.4, -0.2) is 30.0 Å². The highest BCUT2D eigenvalue weighted by molar-refractivity contribution is 5.20. The van der Waals surface area contributed by atoms with Gasteiger partial charge in [0.05, 0.1) is 13.1 Å². The molecule has 1 N–H and O–H groups in total. The van der Waals surface area contributed by atoms with Gasteiger partial charge in [-0.2, -0.15) is 0 Å². The summed E-state index contributed by atoms with van der Waals surface area (Å²) in [6, 6.07) is 8.19. The lowest BCUT2D eigenvalue weighted by molar-refractivity contribution is 0.292. The molecule has 2 heterocycles. The molecular formula is C17H25N3O. The second kappa shape index (κ2) is 7.96.